The van der Waals surface area contributed by atoms with Gasteiger partial charge in [-0.3, -0.25) is 9.80 Å². The van der Waals surface area contributed by atoms with Crippen molar-refractivity contribution in [1.82, 2.24) is 9.80 Å². The summed E-state index contributed by atoms with van der Waals surface area (Å²) in [6.07, 6.45) is 1.60. The Balaban J connectivity index is 1.67. The molecule has 3 nitrogen and oxygen atoms in total. The van der Waals surface area contributed by atoms with Gasteiger partial charge < -0.3 is 5.11 Å². The van der Waals surface area contributed by atoms with Gasteiger partial charge in [0.25, 0.3) is 0 Å². The van der Waals surface area contributed by atoms with E-state index in [0.717, 1.165) is 39.0 Å². The van der Waals surface area contributed by atoms with E-state index in [9.17, 15) is 5.11 Å². The normalized spacial score (nSPS) is 28.6. The van der Waals surface area contributed by atoms with Crippen molar-refractivity contribution in [2.45, 2.75) is 44.9 Å². The second-order valence-electron chi connectivity index (χ2n) is 6.48. The summed E-state index contributed by atoms with van der Waals surface area (Å²) in [5, 5.41) is 10.5. The van der Waals surface area contributed by atoms with E-state index in [-0.39, 0.29) is 6.10 Å². The van der Waals surface area contributed by atoms with E-state index >= 15 is 0 Å². The summed E-state index contributed by atoms with van der Waals surface area (Å²) in [7, 11) is 0. The van der Waals surface area contributed by atoms with E-state index in [0.29, 0.717) is 12.1 Å². The molecule has 1 fully saturated rings. The van der Waals surface area contributed by atoms with Gasteiger partial charge in [0.05, 0.1) is 6.10 Å². The van der Waals surface area contributed by atoms with E-state index in [4.69, 9.17) is 0 Å². The van der Waals surface area contributed by atoms with Crippen LogP contribution in [0.15, 0.2) is 24.3 Å². The quantitative estimate of drug-likeness (QED) is 0.886. The summed E-state index contributed by atoms with van der Waals surface area (Å²) in [5.74, 6) is 0. The van der Waals surface area contributed by atoms with Crippen LogP contribution in [0.4, 0.5) is 0 Å². The predicted octanol–water partition coefficient (Wildman–Crippen LogP) is 1.54. The fourth-order valence-electron chi connectivity index (χ4n) is 3.64. The highest BCUT2D eigenvalue weighted by Crippen LogP contribution is 2.25. The van der Waals surface area contributed by atoms with Gasteiger partial charge in [-0.25, -0.2) is 0 Å². The molecule has 0 radical (unpaired) electrons. The zero-order valence-corrected chi connectivity index (χ0v) is 12.6. The highest BCUT2D eigenvalue weighted by Gasteiger charge is 2.33. The molecule has 1 aliphatic heterocycles. The number of hydrogen-bond acceptors (Lipinski definition) is 3. The third kappa shape index (κ3) is 2.76. The highest BCUT2D eigenvalue weighted by molar-refractivity contribution is 5.31. The van der Waals surface area contributed by atoms with Gasteiger partial charge in [0.1, 0.15) is 0 Å². The van der Waals surface area contributed by atoms with Gasteiger partial charge in [0, 0.05) is 44.7 Å². The number of nitrogens with zero attached hydrogens (tertiary/aromatic N) is 2. The molecule has 0 aromatic heterocycles. The Kier molecular flexibility index (Phi) is 4.11. The molecule has 20 heavy (non-hydrogen) atoms. The van der Waals surface area contributed by atoms with Crippen LogP contribution in [0, 0.1) is 0 Å². The molecule has 0 saturated carbocycles. The molecule has 1 aliphatic carbocycles. The second-order valence-corrected chi connectivity index (χ2v) is 6.48. The van der Waals surface area contributed by atoms with E-state index in [1.165, 1.54) is 11.1 Å². The third-order valence-corrected chi connectivity index (χ3v) is 4.97. The lowest BCUT2D eigenvalue weighted by molar-refractivity contribution is 0.00835. The van der Waals surface area contributed by atoms with Crippen molar-refractivity contribution < 1.29 is 5.11 Å². The molecule has 1 unspecified atom stereocenters. The molecule has 1 heterocycles. The van der Waals surface area contributed by atoms with Crippen molar-refractivity contribution >= 4 is 0 Å². The Hall–Kier alpha value is -0.900. The van der Waals surface area contributed by atoms with Crippen LogP contribution in [0.5, 0.6) is 0 Å². The van der Waals surface area contributed by atoms with Crippen molar-refractivity contribution in [1.29, 1.82) is 0 Å². The predicted molar refractivity (Wildman–Crippen MR) is 81.9 cm³/mol. The molecule has 0 bridgehead atoms. The van der Waals surface area contributed by atoms with Gasteiger partial charge >= 0.3 is 0 Å². The SMILES string of the molecule is CC(C)N1CCN(C2Cc3ccccc3C[C@H]2O)CC1. The summed E-state index contributed by atoms with van der Waals surface area (Å²) < 4.78 is 0. The first-order valence-corrected chi connectivity index (χ1v) is 7.88. The van der Waals surface area contributed by atoms with Gasteiger partial charge in [-0.2, -0.15) is 0 Å². The van der Waals surface area contributed by atoms with Crippen molar-refractivity contribution in [3.63, 3.8) is 0 Å². The maximum absolute atomic E-state index is 10.5. The number of piperazine rings is 1. The number of aliphatic hydroxyl groups excluding tert-OH is 1. The number of benzene rings is 1. The molecule has 1 aromatic carbocycles. The molecule has 1 N–H and O–H groups in total. The number of fused-ring (bicyclic) bond motifs is 1. The Labute approximate surface area is 122 Å². The van der Waals surface area contributed by atoms with E-state index in [1.807, 2.05) is 0 Å². The summed E-state index contributed by atoms with van der Waals surface area (Å²) >= 11 is 0. The second kappa shape index (κ2) is 5.84. The zero-order valence-electron chi connectivity index (χ0n) is 12.6. The summed E-state index contributed by atoms with van der Waals surface area (Å²) in [6, 6.07) is 9.51. The molecule has 1 aromatic rings. The van der Waals surface area contributed by atoms with Crippen LogP contribution in [0.3, 0.4) is 0 Å². The van der Waals surface area contributed by atoms with Crippen molar-refractivity contribution in [3.8, 4) is 0 Å². The van der Waals surface area contributed by atoms with Crippen LogP contribution in [0.1, 0.15) is 25.0 Å². The van der Waals surface area contributed by atoms with E-state index in [2.05, 4.69) is 47.9 Å². The van der Waals surface area contributed by atoms with Crippen LogP contribution in [0.25, 0.3) is 0 Å². The molecule has 3 heteroatoms. The van der Waals surface area contributed by atoms with Crippen molar-refractivity contribution in [2.24, 2.45) is 0 Å². The standard InChI is InChI=1S/C17H26N2O/c1-13(2)18-7-9-19(10-8-18)16-11-14-5-3-4-6-15(14)12-17(16)20/h3-6,13,16-17,20H,7-12H2,1-2H3/t16?,17-/m1/s1. The molecule has 0 amide bonds. The van der Waals surface area contributed by atoms with Crippen LogP contribution < -0.4 is 0 Å². The van der Waals surface area contributed by atoms with E-state index in [1.54, 1.807) is 0 Å². The lowest BCUT2D eigenvalue weighted by Gasteiger charge is -2.44. The zero-order chi connectivity index (χ0) is 14.1. The lowest BCUT2D eigenvalue weighted by atomic mass is 9.85. The number of rotatable bonds is 2. The Bertz CT molecular complexity index is 452. The first-order valence-electron chi connectivity index (χ1n) is 7.88. The Morgan fingerprint density at radius 3 is 2.20 bits per heavy atom. The van der Waals surface area contributed by atoms with Crippen LogP contribution in [0.2, 0.25) is 0 Å². The highest BCUT2D eigenvalue weighted by atomic mass is 16.3. The number of hydrogen-bond donors (Lipinski definition) is 1. The van der Waals surface area contributed by atoms with Gasteiger partial charge in [-0.15, -0.1) is 0 Å². The Morgan fingerprint density at radius 2 is 1.60 bits per heavy atom. The molecular weight excluding hydrogens is 248 g/mol. The minimum Gasteiger partial charge on any atom is -0.391 e. The Morgan fingerprint density at radius 1 is 1.00 bits per heavy atom. The molecular formula is C17H26N2O. The van der Waals surface area contributed by atoms with Crippen LogP contribution in [-0.4, -0.2) is 59.3 Å². The largest absolute Gasteiger partial charge is 0.391 e. The van der Waals surface area contributed by atoms with E-state index < -0.39 is 0 Å². The topological polar surface area (TPSA) is 26.7 Å². The molecule has 2 atom stereocenters. The van der Waals surface area contributed by atoms with Gasteiger partial charge in [-0.1, -0.05) is 24.3 Å². The first kappa shape index (κ1) is 14.1. The summed E-state index contributed by atoms with van der Waals surface area (Å²) in [4.78, 5) is 5.03. The average molecular weight is 274 g/mol. The molecule has 1 saturated heterocycles. The molecule has 2 aliphatic rings. The molecule has 3 rings (SSSR count). The fourth-order valence-corrected chi connectivity index (χ4v) is 3.64. The third-order valence-electron chi connectivity index (χ3n) is 4.97. The summed E-state index contributed by atoms with van der Waals surface area (Å²) in [5.41, 5.74) is 2.76. The minimum absolute atomic E-state index is 0.213. The molecule has 110 valence electrons. The van der Waals surface area contributed by atoms with Gasteiger partial charge in [0.2, 0.25) is 0 Å². The number of aliphatic hydroxyl groups is 1. The summed E-state index contributed by atoms with van der Waals surface area (Å²) in [6.45, 7) is 8.96. The minimum atomic E-state index is -0.213. The maximum Gasteiger partial charge on any atom is 0.0739 e. The van der Waals surface area contributed by atoms with Crippen LogP contribution >= 0.6 is 0 Å². The first-order chi connectivity index (χ1) is 9.65. The lowest BCUT2D eigenvalue weighted by Crippen LogP contribution is -2.56. The fraction of sp³-hybridized carbons (Fsp3) is 0.647. The average Bonchev–Trinajstić information content (AvgIpc) is 2.46. The van der Waals surface area contributed by atoms with Crippen molar-refractivity contribution in [2.75, 3.05) is 26.2 Å². The maximum atomic E-state index is 10.5. The monoisotopic (exact) mass is 274 g/mol. The smallest absolute Gasteiger partial charge is 0.0739 e. The van der Waals surface area contributed by atoms with Crippen LogP contribution in [-0.2, 0) is 12.8 Å². The molecule has 0 spiro atoms. The van der Waals surface area contributed by atoms with Crippen molar-refractivity contribution in [3.05, 3.63) is 35.4 Å². The van der Waals surface area contributed by atoms with Gasteiger partial charge in [0.15, 0.2) is 0 Å². The van der Waals surface area contributed by atoms with Gasteiger partial charge in [-0.05, 0) is 31.4 Å².